The van der Waals surface area contributed by atoms with Crippen molar-refractivity contribution in [3.63, 3.8) is 0 Å². The topological polar surface area (TPSA) is 56.5 Å². The van der Waals surface area contributed by atoms with Crippen molar-refractivity contribution in [3.8, 4) is 0 Å². The number of hydrogen-bond donors (Lipinski definition) is 1. The molecule has 3 aromatic rings. The average Bonchev–Trinajstić information content (AvgIpc) is 2.96. The zero-order chi connectivity index (χ0) is 14.1. The molecule has 1 unspecified atom stereocenters. The summed E-state index contributed by atoms with van der Waals surface area (Å²) in [7, 11) is 0. The lowest BCUT2D eigenvalue weighted by molar-refractivity contribution is 0.527. The monoisotopic (exact) mass is 287 g/mol. The van der Waals surface area contributed by atoms with Crippen molar-refractivity contribution in [3.05, 3.63) is 48.2 Å². The molecule has 0 aliphatic carbocycles. The van der Waals surface area contributed by atoms with Crippen molar-refractivity contribution < 1.29 is 4.42 Å². The summed E-state index contributed by atoms with van der Waals surface area (Å²) in [6.07, 6.45) is 4.54. The normalized spacial score (nSPS) is 12.9. The Morgan fingerprint density at radius 3 is 2.95 bits per heavy atom. The summed E-state index contributed by atoms with van der Waals surface area (Å²) in [4.78, 5) is 5.81. The molecule has 0 bridgehead atoms. The van der Waals surface area contributed by atoms with Gasteiger partial charge in [-0.3, -0.25) is 0 Å². The largest absolute Gasteiger partial charge is 0.468 e. The lowest BCUT2D eigenvalue weighted by Gasteiger charge is -2.07. The number of imidazole rings is 1. The van der Waals surface area contributed by atoms with Crippen molar-refractivity contribution in [1.82, 2.24) is 9.38 Å². The van der Waals surface area contributed by atoms with Crippen LogP contribution >= 0.6 is 11.8 Å². The average molecular weight is 287 g/mol. The second-order valence-corrected chi connectivity index (χ2v) is 5.95. The van der Waals surface area contributed by atoms with E-state index in [2.05, 4.69) is 4.40 Å². The molecule has 4 nitrogen and oxygen atoms in total. The molecule has 0 amide bonds. The first-order valence-corrected chi connectivity index (χ1v) is 7.40. The minimum absolute atomic E-state index is 0.0971. The van der Waals surface area contributed by atoms with Gasteiger partial charge in [-0.15, -0.1) is 0 Å². The first kappa shape index (κ1) is 13.3. The van der Waals surface area contributed by atoms with E-state index in [0.717, 1.165) is 33.4 Å². The molecule has 0 saturated carbocycles. The van der Waals surface area contributed by atoms with E-state index in [1.165, 1.54) is 0 Å². The fourth-order valence-corrected chi connectivity index (χ4v) is 3.14. The van der Waals surface area contributed by atoms with Crippen LogP contribution in [-0.4, -0.2) is 15.4 Å². The fourth-order valence-electron chi connectivity index (χ4n) is 2.18. The van der Waals surface area contributed by atoms with Crippen LogP contribution in [-0.2, 0) is 6.42 Å². The number of furan rings is 1. The Balaban J connectivity index is 2.06. The number of nitrogens with zero attached hydrogens (tertiary/aromatic N) is 2. The van der Waals surface area contributed by atoms with Crippen LogP contribution in [0, 0.1) is 6.92 Å². The van der Waals surface area contributed by atoms with Crippen LogP contribution in [0.15, 0.2) is 51.1 Å². The summed E-state index contributed by atoms with van der Waals surface area (Å²) in [6, 6.07) is 8.09. The number of pyridine rings is 1. The van der Waals surface area contributed by atoms with Gasteiger partial charge in [0.2, 0.25) is 0 Å². The summed E-state index contributed by atoms with van der Waals surface area (Å²) in [5.74, 6) is 0.916. The highest BCUT2D eigenvalue weighted by Gasteiger charge is 2.16. The molecule has 0 saturated heterocycles. The van der Waals surface area contributed by atoms with E-state index < -0.39 is 0 Å². The van der Waals surface area contributed by atoms with E-state index in [1.54, 1.807) is 18.0 Å². The van der Waals surface area contributed by atoms with Gasteiger partial charge in [0.05, 0.1) is 16.9 Å². The number of aryl methyl sites for hydroxylation is 1. The highest BCUT2D eigenvalue weighted by atomic mass is 32.2. The van der Waals surface area contributed by atoms with Crippen LogP contribution in [0.5, 0.6) is 0 Å². The van der Waals surface area contributed by atoms with Crippen molar-refractivity contribution >= 4 is 17.4 Å². The minimum atomic E-state index is 0.0971. The number of fused-ring (bicyclic) bond motifs is 1. The summed E-state index contributed by atoms with van der Waals surface area (Å²) in [5.41, 5.74) is 8.08. The summed E-state index contributed by atoms with van der Waals surface area (Å²) in [6.45, 7) is 3.98. The van der Waals surface area contributed by atoms with Crippen molar-refractivity contribution in [1.29, 1.82) is 0 Å². The Morgan fingerprint density at radius 1 is 1.40 bits per heavy atom. The Bertz CT molecular complexity index is 730. The molecule has 1 atom stereocenters. The molecule has 0 aliphatic heterocycles. The quantitative estimate of drug-likeness (QED) is 0.800. The Hall–Kier alpha value is -1.72. The molecule has 20 heavy (non-hydrogen) atoms. The van der Waals surface area contributed by atoms with E-state index in [-0.39, 0.29) is 6.04 Å². The summed E-state index contributed by atoms with van der Waals surface area (Å²) >= 11 is 1.63. The van der Waals surface area contributed by atoms with Crippen LogP contribution < -0.4 is 5.73 Å². The molecule has 104 valence electrons. The second-order valence-electron chi connectivity index (χ2n) is 4.92. The maximum Gasteiger partial charge on any atom is 0.138 e. The van der Waals surface area contributed by atoms with Gasteiger partial charge in [-0.2, -0.15) is 0 Å². The highest BCUT2D eigenvalue weighted by Crippen LogP contribution is 2.33. The third-order valence-corrected chi connectivity index (χ3v) is 4.29. The van der Waals surface area contributed by atoms with Gasteiger partial charge in [0, 0.05) is 18.7 Å². The lowest BCUT2D eigenvalue weighted by Crippen LogP contribution is -2.19. The van der Waals surface area contributed by atoms with Crippen LogP contribution in [0.4, 0.5) is 0 Å². The lowest BCUT2D eigenvalue weighted by atomic mass is 10.2. The van der Waals surface area contributed by atoms with Gasteiger partial charge in [-0.25, -0.2) is 4.98 Å². The smallest absolute Gasteiger partial charge is 0.138 e. The van der Waals surface area contributed by atoms with Crippen LogP contribution in [0.1, 0.15) is 18.4 Å². The van der Waals surface area contributed by atoms with E-state index in [9.17, 15) is 0 Å². The van der Waals surface area contributed by atoms with Gasteiger partial charge in [-0.1, -0.05) is 17.8 Å². The predicted octanol–water partition coefficient (Wildman–Crippen LogP) is 3.28. The van der Waals surface area contributed by atoms with Gasteiger partial charge in [0.1, 0.15) is 16.4 Å². The molecule has 3 rings (SSSR count). The van der Waals surface area contributed by atoms with Crippen LogP contribution in [0.2, 0.25) is 0 Å². The van der Waals surface area contributed by atoms with Crippen LogP contribution in [0.3, 0.4) is 0 Å². The van der Waals surface area contributed by atoms with Gasteiger partial charge in [0.15, 0.2) is 0 Å². The minimum Gasteiger partial charge on any atom is -0.468 e. The SMILES string of the molecule is Cc1occc1Sc1nc2ccccn2c1CC(C)N. The molecule has 3 heterocycles. The van der Waals surface area contributed by atoms with Gasteiger partial charge in [0.25, 0.3) is 0 Å². The summed E-state index contributed by atoms with van der Waals surface area (Å²) < 4.78 is 7.46. The molecule has 5 heteroatoms. The van der Waals surface area contributed by atoms with Crippen molar-refractivity contribution in [2.45, 2.75) is 36.2 Å². The fraction of sp³-hybridized carbons (Fsp3) is 0.267. The standard InChI is InChI=1S/C15H17N3OS/c1-10(16)9-12-15(20-13-6-8-19-11(13)2)17-14-5-3-4-7-18(12)14/h3-8,10H,9,16H2,1-2H3. The molecule has 0 aliphatic rings. The third kappa shape index (κ3) is 2.46. The number of aromatic nitrogens is 2. The highest BCUT2D eigenvalue weighted by molar-refractivity contribution is 7.99. The third-order valence-electron chi connectivity index (χ3n) is 3.13. The molecule has 0 fully saturated rings. The zero-order valence-corrected chi connectivity index (χ0v) is 12.4. The molecule has 0 aromatic carbocycles. The van der Waals surface area contributed by atoms with E-state index >= 15 is 0 Å². The van der Waals surface area contributed by atoms with E-state index in [0.29, 0.717) is 0 Å². The maximum absolute atomic E-state index is 5.98. The van der Waals surface area contributed by atoms with Gasteiger partial charge in [-0.05, 0) is 32.0 Å². The summed E-state index contributed by atoms with van der Waals surface area (Å²) in [5, 5.41) is 0.998. The van der Waals surface area contributed by atoms with Gasteiger partial charge >= 0.3 is 0 Å². The van der Waals surface area contributed by atoms with Crippen LogP contribution in [0.25, 0.3) is 5.65 Å². The molecule has 0 radical (unpaired) electrons. The van der Waals surface area contributed by atoms with Gasteiger partial charge < -0.3 is 14.6 Å². The Kier molecular flexibility index (Phi) is 3.54. The predicted molar refractivity (Wildman–Crippen MR) is 80.1 cm³/mol. The Labute approximate surface area is 122 Å². The molecule has 0 spiro atoms. The van der Waals surface area contributed by atoms with Crippen molar-refractivity contribution in [2.24, 2.45) is 5.73 Å². The maximum atomic E-state index is 5.98. The van der Waals surface area contributed by atoms with E-state index in [1.807, 2.05) is 44.3 Å². The Morgan fingerprint density at radius 2 is 2.25 bits per heavy atom. The molecule has 2 N–H and O–H groups in total. The number of nitrogens with two attached hydrogens (primary N) is 1. The first-order valence-electron chi connectivity index (χ1n) is 6.58. The molecular formula is C15H17N3OS. The molecule has 3 aromatic heterocycles. The van der Waals surface area contributed by atoms with Crippen molar-refractivity contribution in [2.75, 3.05) is 0 Å². The zero-order valence-electron chi connectivity index (χ0n) is 11.5. The second kappa shape index (κ2) is 5.34. The van der Waals surface area contributed by atoms with E-state index in [4.69, 9.17) is 15.1 Å². The molecular weight excluding hydrogens is 270 g/mol. The number of hydrogen-bond acceptors (Lipinski definition) is 4. The number of rotatable bonds is 4. The first-order chi connectivity index (χ1) is 9.65.